The van der Waals surface area contributed by atoms with Crippen molar-refractivity contribution in [3.05, 3.63) is 0 Å². The molecule has 2 N–H and O–H groups in total. The van der Waals surface area contributed by atoms with Crippen LogP contribution in [0.15, 0.2) is 0 Å². The monoisotopic (exact) mass is 584 g/mol. The van der Waals surface area contributed by atoms with E-state index in [1.54, 1.807) is 0 Å². The van der Waals surface area contributed by atoms with E-state index in [1.165, 1.54) is 0 Å². The first-order valence-electron chi connectivity index (χ1n) is 1.13. The molecule has 0 bridgehead atoms. The van der Waals surface area contributed by atoms with Crippen molar-refractivity contribution >= 4 is 27.3 Å². The van der Waals surface area contributed by atoms with Crippen molar-refractivity contribution in [1.29, 1.82) is 0 Å². The van der Waals surface area contributed by atoms with Crippen LogP contribution >= 0.6 is 0 Å². The van der Waals surface area contributed by atoms with Crippen molar-refractivity contribution in [2.24, 2.45) is 0 Å². The largest absolute Gasteiger partial charge is 0 e. The molecule has 0 saturated carbocycles. The molecule has 0 atom stereocenters. The summed E-state index contributed by atoms with van der Waals surface area (Å²) in [5.41, 5.74) is 0. The van der Waals surface area contributed by atoms with Crippen molar-refractivity contribution < 1.29 is 84.0 Å². The molecule has 0 fully saturated rings. The summed E-state index contributed by atoms with van der Waals surface area (Å²) in [4.78, 5) is 0. The van der Waals surface area contributed by atoms with Gasteiger partial charge in [-0.05, 0) is 0 Å². The topological polar surface area (TPSA) is 109 Å². The third kappa shape index (κ3) is 159. The summed E-state index contributed by atoms with van der Waals surface area (Å²) in [5.74, 6) is 0. The predicted octanol–water partition coefficient (Wildman–Crippen LogP) is -2.51. The van der Waals surface area contributed by atoms with Crippen molar-refractivity contribution in [3.8, 4) is 0 Å². The van der Waals surface area contributed by atoms with Gasteiger partial charge in [-0.15, -0.1) is 0 Å². The second kappa shape index (κ2) is 17.5. The SMILES string of the molecule is [O]=[Nb](=[O])[OH].[O]=[Nb](=[O])[OH].[PbH2].[Zr]. The summed E-state index contributed by atoms with van der Waals surface area (Å²) in [6.45, 7) is 0. The fourth-order valence-corrected chi connectivity index (χ4v) is 0. The van der Waals surface area contributed by atoms with Crippen LogP contribution in [0, 0.1) is 0 Å². The molecule has 0 saturated heterocycles. The van der Waals surface area contributed by atoms with Crippen LogP contribution in [0.3, 0.4) is 0 Å². The molecular weight excluding hydrogens is 580 g/mol. The molecule has 10 heavy (non-hydrogen) atoms. The Kier molecular flexibility index (Phi) is 39.9. The molecule has 6 nitrogen and oxygen atoms in total. The molecule has 0 aromatic heterocycles. The molecule has 58 valence electrons. The van der Waals surface area contributed by atoms with Gasteiger partial charge in [0.15, 0.2) is 0 Å². The van der Waals surface area contributed by atoms with Crippen LogP contribution in [0.25, 0.3) is 0 Å². The van der Waals surface area contributed by atoms with Gasteiger partial charge < -0.3 is 0 Å². The Morgan fingerprint density at radius 2 is 0.800 bits per heavy atom. The minimum atomic E-state index is -3.95. The summed E-state index contributed by atoms with van der Waals surface area (Å²) in [7, 11) is 0. The van der Waals surface area contributed by atoms with Gasteiger partial charge in [-0.1, -0.05) is 0 Å². The Morgan fingerprint density at radius 1 is 0.800 bits per heavy atom. The van der Waals surface area contributed by atoms with Gasteiger partial charge in [0, 0.05) is 26.2 Å². The van der Waals surface area contributed by atoms with E-state index in [0.717, 1.165) is 0 Å². The van der Waals surface area contributed by atoms with E-state index < -0.39 is 37.6 Å². The minimum absolute atomic E-state index is 0. The molecule has 10 heteroatoms. The van der Waals surface area contributed by atoms with Crippen molar-refractivity contribution in [2.75, 3.05) is 0 Å². The number of rotatable bonds is 0. The normalized spacial score (nSPS) is 5.00. The molecular formula is H4Nb2O6PbZr. The van der Waals surface area contributed by atoms with Gasteiger partial charge in [-0.2, -0.15) is 0 Å². The maximum Gasteiger partial charge on any atom is 0 e. The van der Waals surface area contributed by atoms with E-state index in [1.807, 2.05) is 0 Å². The van der Waals surface area contributed by atoms with E-state index in [9.17, 15) is 0 Å². The van der Waals surface area contributed by atoms with Gasteiger partial charge in [0.2, 0.25) is 0 Å². The zero-order valence-corrected chi connectivity index (χ0v) is 17.0. The van der Waals surface area contributed by atoms with Crippen LogP contribution in [-0.4, -0.2) is 34.5 Å². The molecule has 0 heterocycles. The summed E-state index contributed by atoms with van der Waals surface area (Å²) in [5, 5.41) is 0. The molecule has 0 aromatic carbocycles. The van der Waals surface area contributed by atoms with Crippen molar-refractivity contribution in [1.82, 2.24) is 0 Å². The average molecular weight is 584 g/mol. The summed E-state index contributed by atoms with van der Waals surface area (Å²) in [6, 6.07) is 0. The van der Waals surface area contributed by atoms with Gasteiger partial charge in [0.25, 0.3) is 0 Å². The molecule has 0 unspecified atom stereocenters. The fraction of sp³-hybridized carbons (Fsp3) is 0. The molecule has 0 aliphatic heterocycles. The molecule has 0 amide bonds. The summed E-state index contributed by atoms with van der Waals surface area (Å²) in [6.07, 6.45) is 0. The van der Waals surface area contributed by atoms with Crippen molar-refractivity contribution in [2.45, 2.75) is 0 Å². The van der Waals surface area contributed by atoms with Gasteiger partial charge >= 0.3 is 85.1 Å². The van der Waals surface area contributed by atoms with E-state index >= 15 is 0 Å². The number of hydrogen-bond acceptors (Lipinski definition) is 4. The molecule has 2 radical (unpaired) electrons. The molecule has 0 rings (SSSR count). The van der Waals surface area contributed by atoms with Crippen LogP contribution in [0.2, 0.25) is 0 Å². The van der Waals surface area contributed by atoms with Crippen LogP contribution in [0.1, 0.15) is 0 Å². The quantitative estimate of drug-likeness (QED) is 0.305. The Morgan fingerprint density at radius 3 is 0.800 bits per heavy atom. The van der Waals surface area contributed by atoms with E-state index in [2.05, 4.69) is 0 Å². The zero-order chi connectivity index (χ0) is 7.15. The molecule has 0 aliphatic carbocycles. The first-order valence-corrected chi connectivity index (χ1v) is 6.69. The first kappa shape index (κ1) is 22.8. The Balaban J connectivity index is -0.0000000300. The van der Waals surface area contributed by atoms with Crippen LogP contribution < -0.4 is 0 Å². The van der Waals surface area contributed by atoms with E-state index in [4.69, 9.17) is 20.2 Å². The maximum atomic E-state index is 8.71. The van der Waals surface area contributed by atoms with Gasteiger partial charge in [0.1, 0.15) is 0 Å². The van der Waals surface area contributed by atoms with Gasteiger partial charge in [0.05, 0.1) is 0 Å². The Hall–Kier alpha value is 2.41. The molecule has 0 aliphatic rings. The Bertz CT molecular complexity index is 133. The van der Waals surface area contributed by atoms with Crippen molar-refractivity contribution in [3.63, 3.8) is 0 Å². The molecule has 0 aromatic rings. The zero-order valence-electron chi connectivity index (χ0n) is 4.63. The Labute approximate surface area is 109 Å². The smallest absolute Gasteiger partial charge is 0 e. The van der Waals surface area contributed by atoms with Crippen LogP contribution in [0.4, 0.5) is 0 Å². The first-order chi connectivity index (χ1) is 3.46. The predicted molar refractivity (Wildman–Crippen MR) is 15.7 cm³/mol. The second-order valence-corrected chi connectivity index (χ2v) is 2.81. The standard InChI is InChI=1S/2Nb.2H2O.4O.Pb.Zr.2H/h;;2*1H2;;;;;;;;/q2*+1;;;;;;;;;;/p-2. The summed E-state index contributed by atoms with van der Waals surface area (Å²) >= 11 is -7.90. The van der Waals surface area contributed by atoms with Crippen LogP contribution in [-0.2, 0) is 76.8 Å². The average Bonchev–Trinajstić information content (AvgIpc) is 1.25. The third-order valence-corrected chi connectivity index (χ3v) is 0. The fourth-order valence-electron chi connectivity index (χ4n) is 0. The second-order valence-electron chi connectivity index (χ2n) is 0.476. The van der Waals surface area contributed by atoms with Gasteiger partial charge in [-0.25, -0.2) is 0 Å². The maximum absolute atomic E-state index is 8.71. The summed E-state index contributed by atoms with van der Waals surface area (Å²) < 4.78 is 49.1. The van der Waals surface area contributed by atoms with Gasteiger partial charge in [-0.3, -0.25) is 0 Å². The number of hydrogen-bond donors (Lipinski definition) is 2. The van der Waals surface area contributed by atoms with E-state index in [0.29, 0.717) is 0 Å². The molecule has 0 spiro atoms. The third-order valence-electron chi connectivity index (χ3n) is 0. The minimum Gasteiger partial charge on any atom is 0 e. The van der Waals surface area contributed by atoms with Crippen LogP contribution in [0.5, 0.6) is 0 Å². The van der Waals surface area contributed by atoms with E-state index in [-0.39, 0.29) is 53.5 Å².